The second kappa shape index (κ2) is 5.75. The number of rotatable bonds is 3. The van der Waals surface area contributed by atoms with Crippen molar-refractivity contribution in [2.45, 2.75) is 0 Å². The van der Waals surface area contributed by atoms with E-state index in [0.29, 0.717) is 0 Å². The molecule has 0 aliphatic heterocycles. The molecule has 84 valence electrons. The van der Waals surface area contributed by atoms with Gasteiger partial charge in [0.15, 0.2) is 12.4 Å². The van der Waals surface area contributed by atoms with E-state index < -0.39 is 0 Å². The second-order valence-electron chi connectivity index (χ2n) is 3.80. The molecule has 0 saturated heterocycles. The first kappa shape index (κ1) is 11.3. The molecule has 0 saturated carbocycles. The molecule has 2 heteroatoms. The molecule has 0 unspecified atom stereocenters. The summed E-state index contributed by atoms with van der Waals surface area (Å²) in [5, 5.41) is 0. The van der Waals surface area contributed by atoms with Gasteiger partial charge in [-0.1, -0.05) is 24.3 Å². The van der Waals surface area contributed by atoms with Crippen LogP contribution in [0, 0.1) is 0 Å². The first-order valence-electron chi connectivity index (χ1n) is 5.55. The Balaban J connectivity index is 1.98. The van der Waals surface area contributed by atoms with Crippen molar-refractivity contribution in [3.63, 3.8) is 0 Å². The molecule has 0 radical (unpaired) electrons. The third-order valence-electron chi connectivity index (χ3n) is 2.40. The SMILES string of the molecule is C[n+]1ccc(/C=C/C=C/c2ccncc2)cc1. The summed E-state index contributed by atoms with van der Waals surface area (Å²) in [5.41, 5.74) is 2.35. The van der Waals surface area contributed by atoms with Gasteiger partial charge in [0.25, 0.3) is 0 Å². The van der Waals surface area contributed by atoms with E-state index in [9.17, 15) is 0 Å². The molecule has 2 aromatic heterocycles. The van der Waals surface area contributed by atoms with Crippen LogP contribution in [0.5, 0.6) is 0 Å². The van der Waals surface area contributed by atoms with E-state index in [4.69, 9.17) is 0 Å². The maximum atomic E-state index is 3.98. The van der Waals surface area contributed by atoms with Gasteiger partial charge < -0.3 is 0 Å². The Hall–Kier alpha value is -2.22. The van der Waals surface area contributed by atoms with E-state index in [0.717, 1.165) is 5.56 Å². The van der Waals surface area contributed by atoms with Crippen LogP contribution in [0.25, 0.3) is 12.2 Å². The molecule has 0 fully saturated rings. The van der Waals surface area contributed by atoms with Crippen LogP contribution in [0.15, 0.2) is 61.2 Å². The third kappa shape index (κ3) is 3.68. The summed E-state index contributed by atoms with van der Waals surface area (Å²) < 4.78 is 2.02. The van der Waals surface area contributed by atoms with Crippen LogP contribution < -0.4 is 4.57 Å². The quantitative estimate of drug-likeness (QED) is 0.577. The molecular weight excluding hydrogens is 208 g/mol. The fraction of sp³-hybridized carbons (Fsp3) is 0.0667. The third-order valence-corrected chi connectivity index (χ3v) is 2.40. The zero-order valence-corrected chi connectivity index (χ0v) is 9.82. The molecule has 0 N–H and O–H groups in total. The van der Waals surface area contributed by atoms with Gasteiger partial charge in [-0.25, -0.2) is 4.57 Å². The predicted octanol–water partition coefficient (Wildman–Crippen LogP) is 2.63. The molecule has 0 spiro atoms. The monoisotopic (exact) mass is 223 g/mol. The fourth-order valence-corrected chi connectivity index (χ4v) is 1.43. The number of pyridine rings is 2. The normalized spacial score (nSPS) is 11.4. The van der Waals surface area contributed by atoms with Crippen LogP contribution in [-0.2, 0) is 7.05 Å². The number of nitrogens with zero attached hydrogens (tertiary/aromatic N) is 2. The van der Waals surface area contributed by atoms with Crippen molar-refractivity contribution in [2.75, 3.05) is 0 Å². The Labute approximate surface area is 102 Å². The van der Waals surface area contributed by atoms with E-state index >= 15 is 0 Å². The average Bonchev–Trinajstić information content (AvgIpc) is 2.38. The maximum absolute atomic E-state index is 3.98. The van der Waals surface area contributed by atoms with E-state index in [-0.39, 0.29) is 0 Å². The molecule has 0 bridgehead atoms. The summed E-state index contributed by atoms with van der Waals surface area (Å²) in [5.74, 6) is 0. The zero-order valence-electron chi connectivity index (χ0n) is 9.82. The summed E-state index contributed by atoms with van der Waals surface area (Å²) in [7, 11) is 2.01. The highest BCUT2D eigenvalue weighted by molar-refractivity contribution is 5.56. The van der Waals surface area contributed by atoms with Gasteiger partial charge in [0, 0.05) is 24.5 Å². The van der Waals surface area contributed by atoms with Gasteiger partial charge in [-0.2, -0.15) is 0 Å². The van der Waals surface area contributed by atoms with Gasteiger partial charge in [-0.15, -0.1) is 0 Å². The summed E-state index contributed by atoms with van der Waals surface area (Å²) in [6.45, 7) is 0. The molecule has 0 atom stereocenters. The van der Waals surface area contributed by atoms with Crippen molar-refractivity contribution in [2.24, 2.45) is 7.05 Å². The van der Waals surface area contributed by atoms with Crippen LogP contribution in [0.3, 0.4) is 0 Å². The Bertz CT molecular complexity index is 510. The number of hydrogen-bond donors (Lipinski definition) is 0. The summed E-state index contributed by atoms with van der Waals surface area (Å²) in [6.07, 6.45) is 15.9. The van der Waals surface area contributed by atoms with Gasteiger partial charge in [0.1, 0.15) is 7.05 Å². The van der Waals surface area contributed by atoms with Crippen molar-refractivity contribution in [1.29, 1.82) is 0 Å². The predicted molar refractivity (Wildman–Crippen MR) is 69.9 cm³/mol. The molecular formula is C15H15N2+. The zero-order chi connectivity index (χ0) is 11.9. The van der Waals surface area contributed by atoms with E-state index in [1.807, 2.05) is 48.3 Å². The van der Waals surface area contributed by atoms with Crippen molar-refractivity contribution in [1.82, 2.24) is 4.98 Å². The minimum Gasteiger partial charge on any atom is -0.265 e. The highest BCUT2D eigenvalue weighted by atomic mass is 14.9. The minimum atomic E-state index is 1.16. The topological polar surface area (TPSA) is 16.8 Å². The van der Waals surface area contributed by atoms with Gasteiger partial charge in [0.2, 0.25) is 0 Å². The van der Waals surface area contributed by atoms with Crippen molar-refractivity contribution in [3.8, 4) is 0 Å². The van der Waals surface area contributed by atoms with Crippen molar-refractivity contribution < 1.29 is 4.57 Å². The van der Waals surface area contributed by atoms with Crippen LogP contribution in [0.1, 0.15) is 11.1 Å². The molecule has 17 heavy (non-hydrogen) atoms. The van der Waals surface area contributed by atoms with E-state index in [1.165, 1.54) is 5.56 Å². The molecule has 0 aliphatic rings. The lowest BCUT2D eigenvalue weighted by Gasteiger charge is -1.90. The number of hydrogen-bond acceptors (Lipinski definition) is 1. The number of allylic oxidation sites excluding steroid dienone is 2. The molecule has 0 aromatic carbocycles. The summed E-state index contributed by atoms with van der Waals surface area (Å²) in [4.78, 5) is 3.98. The van der Waals surface area contributed by atoms with E-state index in [2.05, 4.69) is 29.3 Å². The van der Waals surface area contributed by atoms with Crippen LogP contribution in [0.2, 0.25) is 0 Å². The van der Waals surface area contributed by atoms with Crippen LogP contribution >= 0.6 is 0 Å². The summed E-state index contributed by atoms with van der Waals surface area (Å²) >= 11 is 0. The van der Waals surface area contributed by atoms with Crippen molar-refractivity contribution in [3.05, 3.63) is 72.3 Å². The maximum Gasteiger partial charge on any atom is 0.169 e. The first-order valence-corrected chi connectivity index (χ1v) is 5.55. The Kier molecular flexibility index (Phi) is 3.81. The Morgan fingerprint density at radius 1 is 0.882 bits per heavy atom. The lowest BCUT2D eigenvalue weighted by molar-refractivity contribution is -0.671. The highest BCUT2D eigenvalue weighted by Crippen LogP contribution is 2.01. The van der Waals surface area contributed by atoms with Gasteiger partial charge in [0.05, 0.1) is 0 Å². The number of aryl methyl sites for hydroxylation is 1. The molecule has 2 heterocycles. The van der Waals surface area contributed by atoms with Crippen LogP contribution in [0.4, 0.5) is 0 Å². The largest absolute Gasteiger partial charge is 0.265 e. The smallest absolute Gasteiger partial charge is 0.169 e. The van der Waals surface area contributed by atoms with Crippen LogP contribution in [-0.4, -0.2) is 4.98 Å². The van der Waals surface area contributed by atoms with E-state index in [1.54, 1.807) is 12.4 Å². The van der Waals surface area contributed by atoms with Gasteiger partial charge in [-0.3, -0.25) is 4.98 Å². The minimum absolute atomic E-state index is 1.16. The highest BCUT2D eigenvalue weighted by Gasteiger charge is 1.89. The first-order chi connectivity index (χ1) is 8.34. The lowest BCUT2D eigenvalue weighted by Crippen LogP contribution is -2.25. The molecule has 0 amide bonds. The average molecular weight is 223 g/mol. The molecule has 2 aromatic rings. The lowest BCUT2D eigenvalue weighted by atomic mass is 10.2. The molecule has 2 nitrogen and oxygen atoms in total. The van der Waals surface area contributed by atoms with Gasteiger partial charge in [-0.05, 0) is 23.3 Å². The molecule has 0 aliphatic carbocycles. The van der Waals surface area contributed by atoms with Crippen molar-refractivity contribution >= 4 is 12.2 Å². The summed E-state index contributed by atoms with van der Waals surface area (Å²) in [6, 6.07) is 8.12. The Morgan fingerprint density at radius 2 is 1.41 bits per heavy atom. The standard InChI is InChI=1S/C15H15N2/c1-17-12-8-15(9-13-17)5-3-2-4-14-6-10-16-11-7-14/h2-13H,1H3/q+1/b4-2+,5-3+. The van der Waals surface area contributed by atoms with Gasteiger partial charge >= 0.3 is 0 Å². The number of aromatic nitrogens is 2. The Morgan fingerprint density at radius 3 is 2.00 bits per heavy atom. The fourth-order valence-electron chi connectivity index (χ4n) is 1.43. The second-order valence-corrected chi connectivity index (χ2v) is 3.80. The molecule has 2 rings (SSSR count).